The van der Waals surface area contributed by atoms with E-state index >= 15 is 0 Å². The third-order valence-corrected chi connectivity index (χ3v) is 11.9. The fraction of sp³-hybridized carbons (Fsp3) is 0.940. The Morgan fingerprint density at radius 1 is 0.421 bits per heavy atom. The molecule has 0 aliphatic rings. The summed E-state index contributed by atoms with van der Waals surface area (Å²) < 4.78 is 17.3. The van der Waals surface area contributed by atoms with Crippen molar-refractivity contribution in [1.29, 1.82) is 0 Å². The average Bonchev–Trinajstić information content (AvgIpc) is 3.19. The first-order valence-electron chi connectivity index (χ1n) is 25.0. The van der Waals surface area contributed by atoms with Crippen LogP contribution in [-0.2, 0) is 28.6 Å². The Morgan fingerprint density at radius 2 is 0.772 bits per heavy atom. The van der Waals surface area contributed by atoms with E-state index < -0.39 is 0 Å². The zero-order valence-corrected chi connectivity index (χ0v) is 39.0. The molecule has 0 fully saturated rings. The van der Waals surface area contributed by atoms with Crippen LogP contribution in [0.3, 0.4) is 0 Å². The molecule has 7 nitrogen and oxygen atoms in total. The molecule has 7 heteroatoms. The van der Waals surface area contributed by atoms with E-state index in [0.29, 0.717) is 44.3 Å². The highest BCUT2D eigenvalue weighted by Gasteiger charge is 2.17. The van der Waals surface area contributed by atoms with E-state index in [2.05, 4.69) is 46.6 Å². The van der Waals surface area contributed by atoms with Gasteiger partial charge in [-0.15, -0.1) is 0 Å². The predicted octanol–water partition coefficient (Wildman–Crippen LogP) is 14.5. The van der Waals surface area contributed by atoms with Gasteiger partial charge in [-0.2, -0.15) is 0 Å². The topological polar surface area (TPSA) is 82.1 Å². The Morgan fingerprint density at radius 3 is 1.14 bits per heavy atom. The Balaban J connectivity index is 4.37. The summed E-state index contributed by atoms with van der Waals surface area (Å²) in [6, 6.07) is 0. The van der Waals surface area contributed by atoms with Crippen LogP contribution in [0.2, 0.25) is 0 Å². The third kappa shape index (κ3) is 38.3. The maximum Gasteiger partial charge on any atom is 0.306 e. The van der Waals surface area contributed by atoms with Gasteiger partial charge < -0.3 is 19.1 Å². The number of carbonyl (C=O) groups excluding carboxylic acids is 3. The van der Waals surface area contributed by atoms with Crippen molar-refractivity contribution in [1.82, 2.24) is 4.90 Å². The minimum atomic E-state index is -0.0462. The van der Waals surface area contributed by atoms with Crippen molar-refractivity contribution in [3.8, 4) is 0 Å². The molecule has 0 aromatic rings. The lowest BCUT2D eigenvalue weighted by atomic mass is 9.92. The molecule has 0 heterocycles. The zero-order chi connectivity index (χ0) is 42.0. The molecule has 0 bridgehead atoms. The van der Waals surface area contributed by atoms with Crippen LogP contribution in [0.4, 0.5) is 0 Å². The fourth-order valence-electron chi connectivity index (χ4n) is 7.91. The lowest BCUT2D eigenvalue weighted by Gasteiger charge is -2.19. The summed E-state index contributed by atoms with van der Waals surface area (Å²) in [5, 5.41) is 0. The van der Waals surface area contributed by atoms with Crippen molar-refractivity contribution >= 4 is 17.9 Å². The van der Waals surface area contributed by atoms with Gasteiger partial charge in [0.2, 0.25) is 0 Å². The van der Waals surface area contributed by atoms with Gasteiger partial charge in [0, 0.05) is 19.3 Å². The second-order valence-corrected chi connectivity index (χ2v) is 17.5. The molecule has 0 radical (unpaired) electrons. The minimum Gasteiger partial charge on any atom is -0.466 e. The largest absolute Gasteiger partial charge is 0.466 e. The van der Waals surface area contributed by atoms with Crippen molar-refractivity contribution in [2.24, 2.45) is 11.8 Å². The van der Waals surface area contributed by atoms with E-state index in [1.54, 1.807) is 0 Å². The van der Waals surface area contributed by atoms with E-state index in [1.165, 1.54) is 89.9 Å². The molecule has 0 rings (SSSR count). The molecule has 0 spiro atoms. The Kier molecular flexibility index (Phi) is 41.3. The Hall–Kier alpha value is -1.63. The lowest BCUT2D eigenvalue weighted by Crippen LogP contribution is -2.22. The van der Waals surface area contributed by atoms with Crippen LogP contribution in [0.25, 0.3) is 0 Å². The third-order valence-electron chi connectivity index (χ3n) is 11.9. The number of carbonyl (C=O) groups is 3. The van der Waals surface area contributed by atoms with Gasteiger partial charge in [-0.25, -0.2) is 0 Å². The lowest BCUT2D eigenvalue weighted by molar-refractivity contribution is -0.150. The van der Waals surface area contributed by atoms with Crippen LogP contribution in [0.5, 0.6) is 0 Å². The number of unbranched alkanes of at least 4 members (excludes halogenated alkanes) is 18. The van der Waals surface area contributed by atoms with Crippen LogP contribution < -0.4 is 0 Å². The first-order chi connectivity index (χ1) is 27.8. The monoisotopic (exact) mass is 808 g/mol. The van der Waals surface area contributed by atoms with Crippen molar-refractivity contribution in [3.05, 3.63) is 0 Å². The highest BCUT2D eigenvalue weighted by Crippen LogP contribution is 2.23. The standard InChI is InChI=1S/C50H97NO6/c1-7-12-24-33-45(34-25-13-8-2)43-49(53)55-41-30-22-18-16-20-28-37-47(57-48(52)39-32-40-51(6)11-5)38-29-21-17-19-23-31-42-56-50(54)44-46(35-26-14-9-3)36-27-15-10-4/h45-47H,7-44H2,1-6H3. The first kappa shape index (κ1) is 55.4. The van der Waals surface area contributed by atoms with Gasteiger partial charge in [-0.05, 0) is 103 Å². The Labute approximate surface area is 354 Å². The summed E-state index contributed by atoms with van der Waals surface area (Å²) in [6.07, 6.45) is 37.0. The van der Waals surface area contributed by atoms with Crippen LogP contribution >= 0.6 is 0 Å². The first-order valence-corrected chi connectivity index (χ1v) is 25.0. The van der Waals surface area contributed by atoms with Gasteiger partial charge in [0.25, 0.3) is 0 Å². The maximum atomic E-state index is 12.7. The Bertz CT molecular complexity index is 820. The smallest absolute Gasteiger partial charge is 0.306 e. The van der Waals surface area contributed by atoms with E-state index in [0.717, 1.165) is 122 Å². The quantitative estimate of drug-likeness (QED) is 0.0344. The highest BCUT2D eigenvalue weighted by molar-refractivity contribution is 5.70. The average molecular weight is 808 g/mol. The summed E-state index contributed by atoms with van der Waals surface area (Å²) in [6.45, 7) is 14.1. The number of rotatable bonds is 44. The summed E-state index contributed by atoms with van der Waals surface area (Å²) in [7, 11) is 2.09. The molecule has 0 saturated heterocycles. The predicted molar refractivity (Wildman–Crippen MR) is 242 cm³/mol. The molecule has 0 amide bonds. The molecular weight excluding hydrogens is 711 g/mol. The SMILES string of the molecule is CCCCCC(CCCCC)CC(=O)OCCCCCCCCC(CCCCCCCCOC(=O)CC(CCCCC)CCCCC)OC(=O)CCCN(C)CC. The van der Waals surface area contributed by atoms with Crippen molar-refractivity contribution in [3.63, 3.8) is 0 Å². The molecule has 0 aliphatic heterocycles. The van der Waals surface area contributed by atoms with Gasteiger partial charge in [-0.1, -0.05) is 163 Å². The summed E-state index contributed by atoms with van der Waals surface area (Å²) in [5.74, 6) is 0.921. The molecule has 0 aromatic carbocycles. The molecule has 0 saturated carbocycles. The second-order valence-electron chi connectivity index (χ2n) is 17.5. The van der Waals surface area contributed by atoms with E-state index in [4.69, 9.17) is 14.2 Å². The minimum absolute atomic E-state index is 0.00154. The molecule has 0 atom stereocenters. The molecule has 0 aliphatic carbocycles. The van der Waals surface area contributed by atoms with Crippen molar-refractivity contribution in [2.75, 3.05) is 33.4 Å². The second kappa shape index (κ2) is 42.5. The van der Waals surface area contributed by atoms with Gasteiger partial charge in [0.05, 0.1) is 13.2 Å². The van der Waals surface area contributed by atoms with Gasteiger partial charge >= 0.3 is 17.9 Å². The van der Waals surface area contributed by atoms with Crippen molar-refractivity contribution in [2.45, 2.75) is 259 Å². The molecule has 0 unspecified atom stereocenters. The molecule has 0 N–H and O–H groups in total. The van der Waals surface area contributed by atoms with Gasteiger partial charge in [0.15, 0.2) is 0 Å². The molecule has 57 heavy (non-hydrogen) atoms. The normalized spacial score (nSPS) is 11.7. The van der Waals surface area contributed by atoms with Gasteiger partial charge in [0.1, 0.15) is 6.10 Å². The summed E-state index contributed by atoms with van der Waals surface area (Å²) in [4.78, 5) is 40.0. The number of ether oxygens (including phenoxy) is 3. The van der Waals surface area contributed by atoms with Crippen LogP contribution in [0, 0.1) is 11.8 Å². The van der Waals surface area contributed by atoms with Crippen LogP contribution in [0.1, 0.15) is 253 Å². The molecule has 338 valence electrons. The van der Waals surface area contributed by atoms with E-state index in [-0.39, 0.29) is 24.0 Å². The molecule has 0 aromatic heterocycles. The van der Waals surface area contributed by atoms with E-state index in [9.17, 15) is 14.4 Å². The maximum absolute atomic E-state index is 12.7. The summed E-state index contributed by atoms with van der Waals surface area (Å²) >= 11 is 0. The fourth-order valence-corrected chi connectivity index (χ4v) is 7.91. The summed E-state index contributed by atoms with van der Waals surface area (Å²) in [5.41, 5.74) is 0. The number of hydrogen-bond donors (Lipinski definition) is 0. The molecular formula is C50H97NO6. The zero-order valence-electron chi connectivity index (χ0n) is 39.0. The van der Waals surface area contributed by atoms with Crippen molar-refractivity contribution < 1.29 is 28.6 Å². The van der Waals surface area contributed by atoms with E-state index in [1.807, 2.05) is 0 Å². The number of esters is 3. The van der Waals surface area contributed by atoms with Crippen LogP contribution in [0.15, 0.2) is 0 Å². The van der Waals surface area contributed by atoms with Crippen LogP contribution in [-0.4, -0.2) is 62.3 Å². The highest BCUT2D eigenvalue weighted by atomic mass is 16.5. The number of hydrogen-bond acceptors (Lipinski definition) is 7. The number of nitrogens with zero attached hydrogens (tertiary/aromatic N) is 1. The van der Waals surface area contributed by atoms with Gasteiger partial charge in [-0.3, -0.25) is 14.4 Å².